The monoisotopic (exact) mass is 312 g/mol. The van der Waals surface area contributed by atoms with Crippen molar-refractivity contribution in [1.82, 2.24) is 9.97 Å². The van der Waals surface area contributed by atoms with Crippen molar-refractivity contribution in [2.24, 2.45) is 0 Å². The summed E-state index contributed by atoms with van der Waals surface area (Å²) in [6.07, 6.45) is 2.56. The molecule has 0 amide bonds. The van der Waals surface area contributed by atoms with Crippen LogP contribution in [0.5, 0.6) is 0 Å². The van der Waals surface area contributed by atoms with Crippen LogP contribution in [0, 0.1) is 20.8 Å². The molecule has 5 nitrogen and oxygen atoms in total. The highest BCUT2D eigenvalue weighted by Crippen LogP contribution is 2.21. The van der Waals surface area contributed by atoms with Crippen molar-refractivity contribution in [2.45, 2.75) is 39.7 Å². The van der Waals surface area contributed by atoms with Crippen LogP contribution in [0.25, 0.3) is 0 Å². The second-order valence-electron chi connectivity index (χ2n) is 6.18. The average molecular weight is 312 g/mol. The van der Waals surface area contributed by atoms with Gasteiger partial charge in [-0.05, 0) is 45.2 Å². The highest BCUT2D eigenvalue weighted by Gasteiger charge is 2.15. The molecule has 1 aliphatic heterocycles. The highest BCUT2D eigenvalue weighted by atomic mass is 16.5. The number of aromatic nitrogens is 2. The minimum atomic E-state index is 0.293. The Labute approximate surface area is 137 Å². The van der Waals surface area contributed by atoms with Gasteiger partial charge >= 0.3 is 0 Å². The quantitative estimate of drug-likeness (QED) is 0.881. The van der Waals surface area contributed by atoms with Crippen LogP contribution in [-0.4, -0.2) is 29.2 Å². The Morgan fingerprint density at radius 1 is 1.17 bits per heavy atom. The molecule has 23 heavy (non-hydrogen) atoms. The lowest BCUT2D eigenvalue weighted by Gasteiger charge is -2.14. The summed E-state index contributed by atoms with van der Waals surface area (Å²) in [6.45, 7) is 7.81. The van der Waals surface area contributed by atoms with Crippen molar-refractivity contribution in [1.29, 1.82) is 0 Å². The SMILES string of the molecule is Cc1ccc(Nc2nc(C)cc(NCC3CCCO3)n2)c(C)c1. The number of rotatable bonds is 5. The molecule has 3 rings (SSSR count). The van der Waals surface area contributed by atoms with Crippen LogP contribution in [0.3, 0.4) is 0 Å². The van der Waals surface area contributed by atoms with Crippen molar-refractivity contribution in [3.8, 4) is 0 Å². The van der Waals surface area contributed by atoms with Gasteiger partial charge in [-0.25, -0.2) is 4.98 Å². The van der Waals surface area contributed by atoms with Gasteiger partial charge < -0.3 is 15.4 Å². The van der Waals surface area contributed by atoms with Crippen LogP contribution in [-0.2, 0) is 4.74 Å². The fourth-order valence-electron chi connectivity index (χ4n) is 2.81. The first-order chi connectivity index (χ1) is 11.1. The van der Waals surface area contributed by atoms with Crippen molar-refractivity contribution in [3.05, 3.63) is 41.1 Å². The zero-order valence-corrected chi connectivity index (χ0v) is 14.0. The summed E-state index contributed by atoms with van der Waals surface area (Å²) >= 11 is 0. The van der Waals surface area contributed by atoms with E-state index in [0.29, 0.717) is 12.1 Å². The molecule has 0 bridgehead atoms. The van der Waals surface area contributed by atoms with E-state index in [1.807, 2.05) is 13.0 Å². The summed E-state index contributed by atoms with van der Waals surface area (Å²) in [6, 6.07) is 8.26. The molecular formula is C18H24N4O. The van der Waals surface area contributed by atoms with Crippen LogP contribution in [0.1, 0.15) is 29.7 Å². The van der Waals surface area contributed by atoms with Crippen molar-refractivity contribution < 1.29 is 4.74 Å². The molecule has 122 valence electrons. The Hall–Kier alpha value is -2.14. The maximum absolute atomic E-state index is 5.64. The largest absolute Gasteiger partial charge is 0.376 e. The molecule has 0 saturated carbocycles. The lowest BCUT2D eigenvalue weighted by Crippen LogP contribution is -2.19. The molecule has 1 fully saturated rings. The third-order valence-electron chi connectivity index (χ3n) is 4.02. The summed E-state index contributed by atoms with van der Waals surface area (Å²) in [5, 5.41) is 6.68. The Bertz CT molecular complexity index is 681. The Balaban J connectivity index is 1.71. The van der Waals surface area contributed by atoms with E-state index in [9.17, 15) is 0 Å². The molecule has 0 spiro atoms. The summed E-state index contributed by atoms with van der Waals surface area (Å²) in [5.74, 6) is 1.45. The summed E-state index contributed by atoms with van der Waals surface area (Å²) in [7, 11) is 0. The smallest absolute Gasteiger partial charge is 0.229 e. The summed E-state index contributed by atoms with van der Waals surface area (Å²) in [5.41, 5.74) is 4.40. The molecule has 2 N–H and O–H groups in total. The van der Waals surface area contributed by atoms with Gasteiger partial charge in [0.25, 0.3) is 0 Å². The van der Waals surface area contributed by atoms with E-state index in [2.05, 4.69) is 52.6 Å². The van der Waals surface area contributed by atoms with Crippen molar-refractivity contribution >= 4 is 17.5 Å². The predicted octanol–water partition coefficient (Wildman–Crippen LogP) is 3.74. The summed E-state index contributed by atoms with van der Waals surface area (Å²) < 4.78 is 5.64. The van der Waals surface area contributed by atoms with E-state index in [0.717, 1.165) is 43.2 Å². The molecule has 0 aliphatic carbocycles. The fraction of sp³-hybridized carbons (Fsp3) is 0.444. The fourth-order valence-corrected chi connectivity index (χ4v) is 2.81. The van der Waals surface area contributed by atoms with Gasteiger partial charge in [0.15, 0.2) is 0 Å². The van der Waals surface area contributed by atoms with Crippen LogP contribution in [0.2, 0.25) is 0 Å². The maximum atomic E-state index is 5.64. The van der Waals surface area contributed by atoms with E-state index in [1.54, 1.807) is 0 Å². The number of hydrogen-bond donors (Lipinski definition) is 2. The summed E-state index contributed by atoms with van der Waals surface area (Å²) in [4.78, 5) is 9.04. The van der Waals surface area contributed by atoms with Crippen molar-refractivity contribution in [3.63, 3.8) is 0 Å². The van der Waals surface area contributed by atoms with E-state index >= 15 is 0 Å². The predicted molar refractivity (Wildman–Crippen MR) is 93.4 cm³/mol. The lowest BCUT2D eigenvalue weighted by molar-refractivity contribution is 0.120. The number of nitrogens with one attached hydrogen (secondary N) is 2. The van der Waals surface area contributed by atoms with Crippen LogP contribution in [0.15, 0.2) is 24.3 Å². The molecule has 1 aromatic carbocycles. The molecule has 5 heteroatoms. The standard InChI is InChI=1S/C18H24N4O/c1-12-6-7-16(13(2)9-12)21-18-20-14(3)10-17(22-18)19-11-15-5-4-8-23-15/h6-7,9-10,15H,4-5,8,11H2,1-3H3,(H2,19,20,21,22). The Morgan fingerprint density at radius 3 is 2.78 bits per heavy atom. The molecule has 1 aromatic heterocycles. The van der Waals surface area contributed by atoms with Crippen molar-refractivity contribution in [2.75, 3.05) is 23.8 Å². The van der Waals surface area contributed by atoms with Gasteiger partial charge in [0.05, 0.1) is 6.10 Å². The molecule has 1 atom stereocenters. The van der Waals surface area contributed by atoms with Gasteiger partial charge in [-0.15, -0.1) is 0 Å². The van der Waals surface area contributed by atoms with Crippen LogP contribution in [0.4, 0.5) is 17.5 Å². The average Bonchev–Trinajstić information content (AvgIpc) is 3.01. The van der Waals surface area contributed by atoms with Gasteiger partial charge in [-0.3, -0.25) is 0 Å². The first-order valence-corrected chi connectivity index (χ1v) is 8.15. The zero-order chi connectivity index (χ0) is 16.2. The second kappa shape index (κ2) is 6.96. The molecule has 1 aliphatic rings. The molecule has 2 heterocycles. The van der Waals surface area contributed by atoms with Crippen LogP contribution < -0.4 is 10.6 Å². The number of benzene rings is 1. The third kappa shape index (κ3) is 4.20. The third-order valence-corrected chi connectivity index (χ3v) is 4.02. The van der Waals surface area contributed by atoms with Gasteiger partial charge in [-0.1, -0.05) is 17.7 Å². The van der Waals surface area contributed by atoms with Gasteiger partial charge in [0.2, 0.25) is 5.95 Å². The van der Waals surface area contributed by atoms with E-state index in [4.69, 9.17) is 4.74 Å². The van der Waals surface area contributed by atoms with Gasteiger partial charge in [0, 0.05) is 30.6 Å². The van der Waals surface area contributed by atoms with E-state index in [-0.39, 0.29) is 0 Å². The first kappa shape index (κ1) is 15.7. The first-order valence-electron chi connectivity index (χ1n) is 8.15. The number of nitrogens with zero attached hydrogens (tertiary/aromatic N) is 2. The lowest BCUT2D eigenvalue weighted by atomic mass is 10.1. The number of anilines is 3. The molecule has 0 radical (unpaired) electrons. The molecule has 1 unspecified atom stereocenters. The zero-order valence-electron chi connectivity index (χ0n) is 14.0. The van der Waals surface area contributed by atoms with E-state index in [1.165, 1.54) is 11.1 Å². The van der Waals surface area contributed by atoms with Gasteiger partial charge in [-0.2, -0.15) is 4.98 Å². The number of hydrogen-bond acceptors (Lipinski definition) is 5. The van der Waals surface area contributed by atoms with E-state index < -0.39 is 0 Å². The van der Waals surface area contributed by atoms with Gasteiger partial charge in [0.1, 0.15) is 5.82 Å². The number of aryl methyl sites for hydroxylation is 3. The topological polar surface area (TPSA) is 59.1 Å². The minimum Gasteiger partial charge on any atom is -0.376 e. The molecular weight excluding hydrogens is 288 g/mol. The Morgan fingerprint density at radius 2 is 2.04 bits per heavy atom. The Kier molecular flexibility index (Phi) is 4.76. The maximum Gasteiger partial charge on any atom is 0.229 e. The molecule has 1 saturated heterocycles. The highest BCUT2D eigenvalue weighted by molar-refractivity contribution is 5.60. The molecule has 2 aromatic rings. The normalized spacial score (nSPS) is 17.3. The minimum absolute atomic E-state index is 0.293. The van der Waals surface area contributed by atoms with Crippen LogP contribution >= 0.6 is 0 Å². The number of ether oxygens (including phenoxy) is 1. The second-order valence-corrected chi connectivity index (χ2v) is 6.18.